The van der Waals surface area contributed by atoms with E-state index in [1.54, 1.807) is 13.3 Å². The van der Waals surface area contributed by atoms with Gasteiger partial charge < -0.3 is 10.1 Å². The molecule has 1 heterocycles. The van der Waals surface area contributed by atoms with E-state index in [2.05, 4.69) is 10.4 Å². The smallest absolute Gasteiger partial charge is 0.0814 e. The summed E-state index contributed by atoms with van der Waals surface area (Å²) in [7, 11) is 1.69. The number of ether oxygens (including phenoxy) is 1. The molecule has 1 aromatic heterocycles. The molecule has 14 heavy (non-hydrogen) atoms. The largest absolute Gasteiger partial charge is 0.383 e. The SMILES string of the molecule is COCCNCCn1ncc(Cl)c1C. The van der Waals surface area contributed by atoms with Crippen molar-refractivity contribution in [3.8, 4) is 0 Å². The molecule has 0 spiro atoms. The molecule has 5 heteroatoms. The Morgan fingerprint density at radius 1 is 1.57 bits per heavy atom. The summed E-state index contributed by atoms with van der Waals surface area (Å²) >= 11 is 5.87. The number of rotatable bonds is 6. The van der Waals surface area contributed by atoms with Gasteiger partial charge in [0.25, 0.3) is 0 Å². The molecule has 0 bridgehead atoms. The quantitative estimate of drug-likeness (QED) is 0.725. The highest BCUT2D eigenvalue weighted by atomic mass is 35.5. The fourth-order valence-corrected chi connectivity index (χ4v) is 1.27. The Morgan fingerprint density at radius 3 is 2.93 bits per heavy atom. The Balaban J connectivity index is 2.21. The number of aromatic nitrogens is 2. The Morgan fingerprint density at radius 2 is 2.36 bits per heavy atom. The van der Waals surface area contributed by atoms with Gasteiger partial charge in [0, 0.05) is 20.2 Å². The molecule has 0 saturated carbocycles. The van der Waals surface area contributed by atoms with E-state index in [9.17, 15) is 0 Å². The van der Waals surface area contributed by atoms with Crippen LogP contribution in [0.3, 0.4) is 0 Å². The Kier molecular flexibility index (Phi) is 4.93. The van der Waals surface area contributed by atoms with Gasteiger partial charge in [-0.3, -0.25) is 4.68 Å². The van der Waals surface area contributed by atoms with Gasteiger partial charge in [-0.2, -0.15) is 5.10 Å². The molecule has 0 fully saturated rings. The molecule has 0 saturated heterocycles. The standard InChI is InChI=1S/C9H16ClN3O/c1-8-9(10)7-12-13(8)5-3-11-4-6-14-2/h7,11H,3-6H2,1-2H3. The van der Waals surface area contributed by atoms with E-state index in [1.807, 2.05) is 11.6 Å². The first-order valence-corrected chi connectivity index (χ1v) is 5.01. The maximum absolute atomic E-state index is 5.87. The highest BCUT2D eigenvalue weighted by Crippen LogP contribution is 2.12. The van der Waals surface area contributed by atoms with E-state index >= 15 is 0 Å². The minimum absolute atomic E-state index is 0.724. The molecular weight excluding hydrogens is 202 g/mol. The van der Waals surface area contributed by atoms with Crippen molar-refractivity contribution in [3.05, 3.63) is 16.9 Å². The van der Waals surface area contributed by atoms with Crippen molar-refractivity contribution < 1.29 is 4.74 Å². The van der Waals surface area contributed by atoms with Crippen LogP contribution in [0.4, 0.5) is 0 Å². The van der Waals surface area contributed by atoms with Gasteiger partial charge in [0.05, 0.1) is 30.1 Å². The maximum Gasteiger partial charge on any atom is 0.0814 e. The van der Waals surface area contributed by atoms with E-state index in [0.717, 1.165) is 37.0 Å². The van der Waals surface area contributed by atoms with Gasteiger partial charge in [-0.15, -0.1) is 0 Å². The fraction of sp³-hybridized carbons (Fsp3) is 0.667. The van der Waals surface area contributed by atoms with Gasteiger partial charge >= 0.3 is 0 Å². The highest BCUT2D eigenvalue weighted by Gasteiger charge is 2.02. The van der Waals surface area contributed by atoms with Crippen molar-refractivity contribution in [1.82, 2.24) is 15.1 Å². The third-order valence-electron chi connectivity index (χ3n) is 2.03. The molecular formula is C9H16ClN3O. The van der Waals surface area contributed by atoms with E-state index in [0.29, 0.717) is 0 Å². The second kappa shape index (κ2) is 6.01. The molecule has 0 aromatic carbocycles. The van der Waals surface area contributed by atoms with Crippen LogP contribution in [0.5, 0.6) is 0 Å². The molecule has 0 radical (unpaired) electrons. The van der Waals surface area contributed by atoms with Gasteiger partial charge in [0.15, 0.2) is 0 Å². The monoisotopic (exact) mass is 217 g/mol. The molecule has 0 unspecified atom stereocenters. The zero-order chi connectivity index (χ0) is 10.4. The Bertz CT molecular complexity index is 275. The topological polar surface area (TPSA) is 39.1 Å². The molecule has 1 N–H and O–H groups in total. The summed E-state index contributed by atoms with van der Waals surface area (Å²) in [6.45, 7) is 5.28. The van der Waals surface area contributed by atoms with Gasteiger partial charge in [0.1, 0.15) is 0 Å². The van der Waals surface area contributed by atoms with Crippen LogP contribution in [0.2, 0.25) is 5.02 Å². The number of hydrogen-bond donors (Lipinski definition) is 1. The molecule has 0 aliphatic heterocycles. The number of nitrogens with one attached hydrogen (secondary N) is 1. The number of nitrogens with zero attached hydrogens (tertiary/aromatic N) is 2. The molecule has 0 amide bonds. The Hall–Kier alpha value is -0.580. The Labute approximate surface area is 89.2 Å². The average molecular weight is 218 g/mol. The predicted molar refractivity (Wildman–Crippen MR) is 56.7 cm³/mol. The van der Waals surface area contributed by atoms with Crippen LogP contribution >= 0.6 is 11.6 Å². The normalized spacial score (nSPS) is 10.8. The first kappa shape index (κ1) is 11.5. The average Bonchev–Trinajstić information content (AvgIpc) is 2.49. The zero-order valence-corrected chi connectivity index (χ0v) is 9.34. The van der Waals surface area contributed by atoms with Crippen LogP contribution < -0.4 is 5.32 Å². The lowest BCUT2D eigenvalue weighted by Crippen LogP contribution is -2.24. The second-order valence-corrected chi connectivity index (χ2v) is 3.45. The van der Waals surface area contributed by atoms with Crippen LogP contribution in [0.15, 0.2) is 6.20 Å². The molecule has 0 aliphatic rings. The third-order valence-corrected chi connectivity index (χ3v) is 2.40. The van der Waals surface area contributed by atoms with Crippen LogP contribution in [0.1, 0.15) is 5.69 Å². The van der Waals surface area contributed by atoms with Crippen molar-refractivity contribution in [2.45, 2.75) is 13.5 Å². The minimum atomic E-state index is 0.724. The molecule has 4 nitrogen and oxygen atoms in total. The number of hydrogen-bond acceptors (Lipinski definition) is 3. The first-order chi connectivity index (χ1) is 6.75. The lowest BCUT2D eigenvalue weighted by atomic mass is 10.4. The molecule has 0 atom stereocenters. The zero-order valence-electron chi connectivity index (χ0n) is 8.59. The van der Waals surface area contributed by atoms with Crippen molar-refractivity contribution in [3.63, 3.8) is 0 Å². The van der Waals surface area contributed by atoms with Crippen molar-refractivity contribution >= 4 is 11.6 Å². The summed E-state index contributed by atoms with van der Waals surface area (Å²) in [6.07, 6.45) is 1.67. The molecule has 0 aliphatic carbocycles. The second-order valence-electron chi connectivity index (χ2n) is 3.04. The van der Waals surface area contributed by atoms with Gasteiger partial charge in [-0.1, -0.05) is 11.6 Å². The van der Waals surface area contributed by atoms with Crippen molar-refractivity contribution in [2.24, 2.45) is 0 Å². The number of methoxy groups -OCH3 is 1. The van der Waals surface area contributed by atoms with Crippen molar-refractivity contribution in [2.75, 3.05) is 26.8 Å². The lowest BCUT2D eigenvalue weighted by Gasteiger charge is -2.05. The van der Waals surface area contributed by atoms with Gasteiger partial charge in [0.2, 0.25) is 0 Å². The van der Waals surface area contributed by atoms with Crippen LogP contribution in [0, 0.1) is 6.92 Å². The van der Waals surface area contributed by atoms with E-state index in [-0.39, 0.29) is 0 Å². The van der Waals surface area contributed by atoms with Crippen LogP contribution in [0.25, 0.3) is 0 Å². The number of halogens is 1. The molecule has 1 aromatic rings. The summed E-state index contributed by atoms with van der Waals surface area (Å²) in [5, 5.41) is 8.11. The summed E-state index contributed by atoms with van der Waals surface area (Å²) in [6, 6.07) is 0. The summed E-state index contributed by atoms with van der Waals surface area (Å²) < 4.78 is 6.81. The van der Waals surface area contributed by atoms with E-state index < -0.39 is 0 Å². The van der Waals surface area contributed by atoms with Crippen LogP contribution in [-0.4, -0.2) is 36.6 Å². The van der Waals surface area contributed by atoms with Crippen LogP contribution in [-0.2, 0) is 11.3 Å². The summed E-state index contributed by atoms with van der Waals surface area (Å²) in [4.78, 5) is 0. The summed E-state index contributed by atoms with van der Waals surface area (Å²) in [5.74, 6) is 0. The summed E-state index contributed by atoms with van der Waals surface area (Å²) in [5.41, 5.74) is 1.01. The predicted octanol–water partition coefficient (Wildman–Crippen LogP) is 1.08. The molecule has 80 valence electrons. The third kappa shape index (κ3) is 3.29. The van der Waals surface area contributed by atoms with E-state index in [4.69, 9.17) is 16.3 Å². The van der Waals surface area contributed by atoms with Crippen molar-refractivity contribution in [1.29, 1.82) is 0 Å². The van der Waals surface area contributed by atoms with Gasteiger partial charge in [-0.25, -0.2) is 0 Å². The highest BCUT2D eigenvalue weighted by molar-refractivity contribution is 6.31. The minimum Gasteiger partial charge on any atom is -0.383 e. The fourth-order valence-electron chi connectivity index (χ4n) is 1.13. The molecule has 1 rings (SSSR count). The maximum atomic E-state index is 5.87. The van der Waals surface area contributed by atoms with E-state index in [1.165, 1.54) is 0 Å². The lowest BCUT2D eigenvalue weighted by molar-refractivity contribution is 0.199. The van der Waals surface area contributed by atoms with Gasteiger partial charge in [-0.05, 0) is 6.92 Å². The first-order valence-electron chi connectivity index (χ1n) is 4.63.